The molecular formula is C8H10N2OS2. The van der Waals surface area contributed by atoms with Crippen LogP contribution in [0.25, 0.3) is 0 Å². The number of thiophene rings is 1. The summed E-state index contributed by atoms with van der Waals surface area (Å²) in [5.41, 5.74) is 6.17. The lowest BCUT2D eigenvalue weighted by atomic mass is 10.4. The maximum absolute atomic E-state index is 8.74. The monoisotopic (exact) mass is 214 g/mol. The maximum atomic E-state index is 8.74. The molecular weight excluding hydrogens is 204 g/mol. The molecule has 2 N–H and O–H groups in total. The molecule has 5 heteroatoms. The van der Waals surface area contributed by atoms with Crippen molar-refractivity contribution in [3.05, 3.63) is 4.88 Å². The maximum Gasteiger partial charge on any atom is 0.167 e. The molecule has 0 aliphatic carbocycles. The Balaban J connectivity index is 3.13. The summed E-state index contributed by atoms with van der Waals surface area (Å²) in [7, 11) is 1.57. The van der Waals surface area contributed by atoms with E-state index >= 15 is 0 Å². The molecule has 0 unspecified atom stereocenters. The van der Waals surface area contributed by atoms with E-state index < -0.39 is 0 Å². The molecule has 1 heterocycles. The smallest absolute Gasteiger partial charge is 0.167 e. The molecule has 0 spiro atoms. The van der Waals surface area contributed by atoms with Gasteiger partial charge in [0.25, 0.3) is 0 Å². The molecule has 0 amide bonds. The van der Waals surface area contributed by atoms with Crippen LogP contribution in [0.1, 0.15) is 11.8 Å². The number of nitriles is 1. The van der Waals surface area contributed by atoms with Crippen molar-refractivity contribution < 1.29 is 4.74 Å². The van der Waals surface area contributed by atoms with Gasteiger partial charge in [-0.15, -0.1) is 23.1 Å². The lowest BCUT2D eigenvalue weighted by molar-refractivity contribution is 0.410. The Morgan fingerprint density at radius 3 is 2.85 bits per heavy atom. The van der Waals surface area contributed by atoms with Crippen LogP contribution < -0.4 is 10.5 Å². The number of thioether (sulfide) groups is 1. The van der Waals surface area contributed by atoms with E-state index in [-0.39, 0.29) is 0 Å². The molecule has 0 radical (unpaired) electrons. The second-order valence-electron chi connectivity index (χ2n) is 2.21. The second-order valence-corrected chi connectivity index (χ2v) is 4.76. The number of anilines is 1. The van der Waals surface area contributed by atoms with Crippen LogP contribution in [0.5, 0.6) is 5.75 Å². The number of methoxy groups -OCH3 is 1. The van der Waals surface area contributed by atoms with Gasteiger partial charge in [0.1, 0.15) is 20.8 Å². The number of nitrogens with two attached hydrogens (primary N) is 1. The fourth-order valence-corrected chi connectivity index (χ4v) is 3.06. The Hall–Kier alpha value is -0.860. The van der Waals surface area contributed by atoms with E-state index in [1.54, 1.807) is 18.9 Å². The van der Waals surface area contributed by atoms with Crippen LogP contribution in [0.2, 0.25) is 0 Å². The Labute approximate surface area is 85.5 Å². The molecule has 0 aliphatic heterocycles. The second kappa shape index (κ2) is 4.40. The van der Waals surface area contributed by atoms with Gasteiger partial charge in [0.15, 0.2) is 5.75 Å². The van der Waals surface area contributed by atoms with Crippen LogP contribution in [0, 0.1) is 11.3 Å². The number of hydrogen-bond acceptors (Lipinski definition) is 5. The van der Waals surface area contributed by atoms with Gasteiger partial charge in [-0.25, -0.2) is 0 Å². The minimum atomic E-state index is 0.464. The lowest BCUT2D eigenvalue weighted by Crippen LogP contribution is -1.90. The number of ether oxygens (including phenoxy) is 1. The van der Waals surface area contributed by atoms with Crippen LogP contribution in [-0.4, -0.2) is 12.9 Å². The summed E-state index contributed by atoms with van der Waals surface area (Å²) < 4.78 is 6.11. The average Bonchev–Trinajstić information content (AvgIpc) is 2.43. The number of nitrogens with zero attached hydrogens (tertiary/aromatic N) is 1. The quantitative estimate of drug-likeness (QED) is 0.784. The minimum absolute atomic E-state index is 0.464. The normalized spacial score (nSPS) is 9.62. The zero-order valence-electron chi connectivity index (χ0n) is 7.46. The molecule has 70 valence electrons. The van der Waals surface area contributed by atoms with Crippen LogP contribution in [0.3, 0.4) is 0 Å². The SMILES string of the molecule is CCSc1sc(C#N)c(N)c1OC. The zero-order valence-corrected chi connectivity index (χ0v) is 9.09. The standard InChI is InChI=1S/C8H10N2OS2/c1-3-12-8-7(11-2)6(10)5(4-9)13-8/h3,10H2,1-2H3. The van der Waals surface area contributed by atoms with Crippen molar-refractivity contribution in [2.45, 2.75) is 11.1 Å². The highest BCUT2D eigenvalue weighted by Crippen LogP contribution is 2.43. The highest BCUT2D eigenvalue weighted by Gasteiger charge is 2.15. The van der Waals surface area contributed by atoms with Gasteiger partial charge in [-0.05, 0) is 5.75 Å². The first-order valence-electron chi connectivity index (χ1n) is 3.73. The number of hydrogen-bond donors (Lipinski definition) is 1. The van der Waals surface area contributed by atoms with E-state index in [1.165, 1.54) is 11.3 Å². The van der Waals surface area contributed by atoms with Crippen LogP contribution >= 0.6 is 23.1 Å². The fraction of sp³-hybridized carbons (Fsp3) is 0.375. The summed E-state index contributed by atoms with van der Waals surface area (Å²) in [6.45, 7) is 2.05. The lowest BCUT2D eigenvalue weighted by Gasteiger charge is -2.00. The third-order valence-electron chi connectivity index (χ3n) is 1.45. The number of nitrogen functional groups attached to an aromatic ring is 1. The van der Waals surface area contributed by atoms with Crippen molar-refractivity contribution in [3.63, 3.8) is 0 Å². The molecule has 1 aromatic heterocycles. The Kier molecular flexibility index (Phi) is 3.46. The molecule has 0 aliphatic rings. The molecule has 0 bridgehead atoms. The molecule has 0 atom stereocenters. The van der Waals surface area contributed by atoms with Gasteiger partial charge in [0, 0.05) is 0 Å². The zero-order chi connectivity index (χ0) is 9.84. The molecule has 0 saturated carbocycles. The predicted octanol–water partition coefficient (Wildman–Crippen LogP) is 2.32. The summed E-state index contributed by atoms with van der Waals surface area (Å²) in [6.07, 6.45) is 0. The van der Waals surface area contributed by atoms with Gasteiger partial charge < -0.3 is 10.5 Å². The van der Waals surface area contributed by atoms with Crippen molar-refractivity contribution in [1.29, 1.82) is 5.26 Å². The van der Waals surface area contributed by atoms with Crippen molar-refractivity contribution in [2.75, 3.05) is 18.6 Å². The average molecular weight is 214 g/mol. The predicted molar refractivity (Wildman–Crippen MR) is 56.4 cm³/mol. The molecule has 0 fully saturated rings. The largest absolute Gasteiger partial charge is 0.492 e. The van der Waals surface area contributed by atoms with Crippen molar-refractivity contribution in [3.8, 4) is 11.8 Å². The molecule has 3 nitrogen and oxygen atoms in total. The van der Waals surface area contributed by atoms with Gasteiger partial charge >= 0.3 is 0 Å². The van der Waals surface area contributed by atoms with Crippen LogP contribution in [0.4, 0.5) is 5.69 Å². The van der Waals surface area contributed by atoms with E-state index in [9.17, 15) is 0 Å². The Bertz CT molecular complexity index is 341. The molecule has 0 saturated heterocycles. The summed E-state index contributed by atoms with van der Waals surface area (Å²) in [5.74, 6) is 1.59. The third-order valence-corrected chi connectivity index (χ3v) is 3.68. The van der Waals surface area contributed by atoms with Gasteiger partial charge in [-0.2, -0.15) is 5.26 Å². The van der Waals surface area contributed by atoms with Crippen LogP contribution in [-0.2, 0) is 0 Å². The Morgan fingerprint density at radius 1 is 1.69 bits per heavy atom. The Morgan fingerprint density at radius 2 is 2.38 bits per heavy atom. The van der Waals surface area contributed by atoms with E-state index in [1.807, 2.05) is 13.0 Å². The fourth-order valence-electron chi connectivity index (χ4n) is 0.910. The molecule has 0 aromatic carbocycles. The van der Waals surface area contributed by atoms with E-state index in [4.69, 9.17) is 15.7 Å². The summed E-state index contributed by atoms with van der Waals surface area (Å²) in [5, 5.41) is 8.74. The number of rotatable bonds is 3. The molecule has 1 rings (SSSR count). The van der Waals surface area contributed by atoms with E-state index in [0.29, 0.717) is 16.3 Å². The third kappa shape index (κ3) is 1.90. The van der Waals surface area contributed by atoms with Gasteiger partial charge in [-0.3, -0.25) is 0 Å². The van der Waals surface area contributed by atoms with Crippen molar-refractivity contribution in [2.24, 2.45) is 0 Å². The van der Waals surface area contributed by atoms with Crippen molar-refractivity contribution >= 4 is 28.8 Å². The van der Waals surface area contributed by atoms with Gasteiger partial charge in [0.2, 0.25) is 0 Å². The topological polar surface area (TPSA) is 59.0 Å². The van der Waals surface area contributed by atoms with E-state index in [0.717, 1.165) is 9.96 Å². The summed E-state index contributed by atoms with van der Waals surface area (Å²) >= 11 is 3.03. The first kappa shape index (κ1) is 10.2. The van der Waals surface area contributed by atoms with Crippen LogP contribution in [0.15, 0.2) is 4.21 Å². The highest BCUT2D eigenvalue weighted by atomic mass is 32.2. The highest BCUT2D eigenvalue weighted by molar-refractivity contribution is 8.01. The first-order chi connectivity index (χ1) is 6.24. The van der Waals surface area contributed by atoms with Crippen molar-refractivity contribution in [1.82, 2.24) is 0 Å². The van der Waals surface area contributed by atoms with Gasteiger partial charge in [0.05, 0.1) is 7.11 Å². The first-order valence-corrected chi connectivity index (χ1v) is 5.53. The van der Waals surface area contributed by atoms with E-state index in [2.05, 4.69) is 0 Å². The minimum Gasteiger partial charge on any atom is -0.492 e. The summed E-state index contributed by atoms with van der Waals surface area (Å²) in [4.78, 5) is 0.535. The summed E-state index contributed by atoms with van der Waals surface area (Å²) in [6, 6.07) is 2.05. The van der Waals surface area contributed by atoms with Gasteiger partial charge in [-0.1, -0.05) is 6.92 Å². The molecule has 1 aromatic rings. The molecule has 13 heavy (non-hydrogen) atoms.